The van der Waals surface area contributed by atoms with Crippen molar-refractivity contribution in [2.45, 2.75) is 70.8 Å². The molecule has 144 valence electrons. The molecule has 7 rings (SSSR count). The first-order valence-corrected chi connectivity index (χ1v) is 11.4. The number of esters is 1. The molecule has 3 heteroatoms. The molecule has 5 saturated carbocycles. The van der Waals surface area contributed by atoms with Gasteiger partial charge in [0.2, 0.25) is 0 Å². The van der Waals surface area contributed by atoms with Crippen LogP contribution in [0.2, 0.25) is 0 Å². The number of carbonyl (C=O) groups excluding carboxylic acids is 2. The van der Waals surface area contributed by atoms with Crippen LogP contribution in [0.5, 0.6) is 0 Å². The van der Waals surface area contributed by atoms with Crippen molar-refractivity contribution >= 4 is 11.8 Å². The largest absolute Gasteiger partial charge is 0.458 e. The summed E-state index contributed by atoms with van der Waals surface area (Å²) in [7, 11) is 0. The Hall–Kier alpha value is -1.12. The van der Waals surface area contributed by atoms with Crippen LogP contribution in [0.4, 0.5) is 0 Å². The van der Waals surface area contributed by atoms with E-state index in [2.05, 4.69) is 19.9 Å². The van der Waals surface area contributed by atoms with Gasteiger partial charge in [0.15, 0.2) is 5.78 Å². The summed E-state index contributed by atoms with van der Waals surface area (Å²) >= 11 is 0. The fourth-order valence-electron chi connectivity index (χ4n) is 9.74. The van der Waals surface area contributed by atoms with Crippen LogP contribution < -0.4 is 0 Å². The highest BCUT2D eigenvalue weighted by molar-refractivity contribution is 5.92. The topological polar surface area (TPSA) is 43.4 Å². The summed E-state index contributed by atoms with van der Waals surface area (Å²) in [6, 6.07) is 0. The molecule has 3 nitrogen and oxygen atoms in total. The first-order chi connectivity index (χ1) is 12.9. The highest BCUT2D eigenvalue weighted by Gasteiger charge is 2.81. The summed E-state index contributed by atoms with van der Waals surface area (Å²) in [6.45, 7) is 4.99. The normalized spacial score (nSPS) is 62.0. The van der Waals surface area contributed by atoms with Gasteiger partial charge in [-0.1, -0.05) is 19.4 Å². The third-order valence-corrected chi connectivity index (χ3v) is 10.9. The predicted molar refractivity (Wildman–Crippen MR) is 99.5 cm³/mol. The zero-order valence-corrected chi connectivity index (χ0v) is 16.5. The van der Waals surface area contributed by atoms with Crippen LogP contribution in [0, 0.1) is 52.3 Å². The molecule has 1 spiro atoms. The van der Waals surface area contributed by atoms with Gasteiger partial charge in [0.05, 0.1) is 0 Å². The summed E-state index contributed by atoms with van der Waals surface area (Å²) in [5, 5.41) is 0. The number of carbonyl (C=O) groups is 2. The summed E-state index contributed by atoms with van der Waals surface area (Å²) < 4.78 is 6.22. The molecule has 6 aliphatic carbocycles. The van der Waals surface area contributed by atoms with Crippen LogP contribution >= 0.6 is 0 Å². The van der Waals surface area contributed by atoms with E-state index in [9.17, 15) is 9.59 Å². The van der Waals surface area contributed by atoms with Crippen LogP contribution in [0.1, 0.15) is 65.2 Å². The van der Waals surface area contributed by atoms with E-state index in [0.717, 1.165) is 48.9 Å². The third-order valence-electron chi connectivity index (χ3n) is 10.9. The first kappa shape index (κ1) is 15.8. The number of allylic oxidation sites excluding steroid dienone is 1. The van der Waals surface area contributed by atoms with Gasteiger partial charge in [0.25, 0.3) is 0 Å². The summed E-state index contributed by atoms with van der Waals surface area (Å²) in [4.78, 5) is 24.3. The maximum absolute atomic E-state index is 12.2. The van der Waals surface area contributed by atoms with E-state index >= 15 is 0 Å². The van der Waals surface area contributed by atoms with Crippen LogP contribution in [0.15, 0.2) is 11.6 Å². The molecule has 10 atom stereocenters. The van der Waals surface area contributed by atoms with Gasteiger partial charge in [-0.15, -0.1) is 0 Å². The molecule has 0 amide bonds. The third kappa shape index (κ3) is 1.58. The Balaban J connectivity index is 1.33. The maximum Gasteiger partial charge on any atom is 0.306 e. The zero-order chi connectivity index (χ0) is 18.3. The lowest BCUT2D eigenvalue weighted by molar-refractivity contribution is -0.177. The Morgan fingerprint density at radius 3 is 2.63 bits per heavy atom. The van der Waals surface area contributed by atoms with Crippen molar-refractivity contribution in [3.8, 4) is 0 Å². The van der Waals surface area contributed by atoms with Gasteiger partial charge in [-0.25, -0.2) is 0 Å². The van der Waals surface area contributed by atoms with Crippen molar-refractivity contribution in [3.05, 3.63) is 11.6 Å². The van der Waals surface area contributed by atoms with Gasteiger partial charge in [0, 0.05) is 24.2 Å². The van der Waals surface area contributed by atoms with Crippen molar-refractivity contribution in [1.82, 2.24) is 0 Å². The fourth-order valence-corrected chi connectivity index (χ4v) is 9.74. The molecule has 27 heavy (non-hydrogen) atoms. The molecule has 0 N–H and O–H groups in total. The highest BCUT2D eigenvalue weighted by atomic mass is 16.6. The van der Waals surface area contributed by atoms with Crippen LogP contribution in [-0.2, 0) is 14.3 Å². The minimum Gasteiger partial charge on any atom is -0.458 e. The molecule has 1 heterocycles. The second-order valence-electron chi connectivity index (χ2n) is 11.5. The van der Waals surface area contributed by atoms with Gasteiger partial charge >= 0.3 is 5.97 Å². The molecule has 1 aliphatic heterocycles. The summed E-state index contributed by atoms with van der Waals surface area (Å²) in [6.07, 6.45) is 10.6. The summed E-state index contributed by atoms with van der Waals surface area (Å²) in [5.41, 5.74) is 1.85. The van der Waals surface area contributed by atoms with Crippen molar-refractivity contribution in [2.75, 3.05) is 0 Å². The van der Waals surface area contributed by atoms with Crippen molar-refractivity contribution in [2.24, 2.45) is 52.3 Å². The second-order valence-corrected chi connectivity index (χ2v) is 11.5. The molecule has 7 aliphatic rings. The van der Waals surface area contributed by atoms with E-state index in [1.807, 2.05) is 0 Å². The van der Waals surface area contributed by atoms with Crippen LogP contribution in [0.25, 0.3) is 0 Å². The van der Waals surface area contributed by atoms with E-state index in [1.54, 1.807) is 0 Å². The van der Waals surface area contributed by atoms with Gasteiger partial charge in [-0.3, -0.25) is 9.59 Å². The number of hydrogen-bond donors (Lipinski definition) is 0. The molecule has 0 radical (unpaired) electrons. The van der Waals surface area contributed by atoms with Gasteiger partial charge < -0.3 is 4.74 Å². The average Bonchev–Trinajstić information content (AvgIpc) is 3.53. The smallest absolute Gasteiger partial charge is 0.306 e. The molecule has 1 saturated heterocycles. The van der Waals surface area contributed by atoms with Gasteiger partial charge in [-0.05, 0) is 85.5 Å². The SMILES string of the molecule is CC12CCC(=O)C=C1[C@@H]1C[C@@H]1C1C2CCC2(C)C1[C@H]1C[C@H]1[C@]21CCC(=O)O1. The fraction of sp³-hybridized carbons (Fsp3) is 0.833. The molecule has 6 fully saturated rings. The molecule has 0 bridgehead atoms. The van der Waals surface area contributed by atoms with Gasteiger partial charge in [0.1, 0.15) is 5.60 Å². The van der Waals surface area contributed by atoms with E-state index in [4.69, 9.17) is 4.74 Å². The lowest BCUT2D eigenvalue weighted by atomic mass is 9.45. The van der Waals surface area contributed by atoms with Crippen molar-refractivity contribution in [3.63, 3.8) is 0 Å². The molecular weight excluding hydrogens is 336 g/mol. The molecule has 5 unspecified atom stereocenters. The molecular formula is C24H30O3. The number of fused-ring (bicyclic) bond motifs is 12. The van der Waals surface area contributed by atoms with Crippen molar-refractivity contribution in [1.29, 1.82) is 0 Å². The Bertz CT molecular complexity index is 827. The maximum atomic E-state index is 12.2. The Labute approximate surface area is 161 Å². The second kappa shape index (κ2) is 4.39. The van der Waals surface area contributed by atoms with E-state index in [1.165, 1.54) is 31.3 Å². The molecule has 0 aromatic carbocycles. The van der Waals surface area contributed by atoms with Crippen molar-refractivity contribution < 1.29 is 14.3 Å². The summed E-state index contributed by atoms with van der Waals surface area (Å²) in [5.74, 6) is 5.65. The lowest BCUT2D eigenvalue weighted by Gasteiger charge is -2.60. The quantitative estimate of drug-likeness (QED) is 0.600. The lowest BCUT2D eigenvalue weighted by Crippen LogP contribution is -2.57. The molecule has 0 aromatic heterocycles. The number of ether oxygens (including phenoxy) is 1. The number of rotatable bonds is 0. The van der Waals surface area contributed by atoms with Gasteiger partial charge in [-0.2, -0.15) is 0 Å². The van der Waals surface area contributed by atoms with E-state index < -0.39 is 0 Å². The monoisotopic (exact) mass is 366 g/mol. The molecule has 0 aromatic rings. The van der Waals surface area contributed by atoms with E-state index in [-0.39, 0.29) is 22.4 Å². The minimum absolute atomic E-state index is 0.0561. The highest BCUT2D eigenvalue weighted by Crippen LogP contribution is 2.82. The first-order valence-electron chi connectivity index (χ1n) is 11.4. The Morgan fingerprint density at radius 2 is 1.85 bits per heavy atom. The van der Waals surface area contributed by atoms with Crippen LogP contribution in [0.3, 0.4) is 0 Å². The average molecular weight is 367 g/mol. The number of ketones is 1. The zero-order valence-electron chi connectivity index (χ0n) is 16.5. The standard InChI is InChI=1S/C24H30O3/c1-22-6-3-12(25)9-17(22)13-10-14(13)20-16(22)4-7-23(2)21(20)15-11-18(15)24(23)8-5-19(26)27-24/h9,13-16,18,20-21H,3-8,10-11H2,1-2H3/t13-,14+,15+,16?,18-,20?,21?,22?,23?,24-/m1/s1. The Kier molecular flexibility index (Phi) is 2.56. The van der Waals surface area contributed by atoms with Crippen LogP contribution in [-0.4, -0.2) is 17.4 Å². The number of hydrogen-bond acceptors (Lipinski definition) is 3. The predicted octanol–water partition coefficient (Wildman–Crippen LogP) is 4.31. The van der Waals surface area contributed by atoms with E-state index in [0.29, 0.717) is 24.0 Å². The minimum atomic E-state index is -0.131. The Morgan fingerprint density at radius 1 is 1.00 bits per heavy atom.